The van der Waals surface area contributed by atoms with Gasteiger partial charge in [0.15, 0.2) is 0 Å². The quantitative estimate of drug-likeness (QED) is 0.719. The van der Waals surface area contributed by atoms with E-state index in [-0.39, 0.29) is 5.56 Å². The Hall–Kier alpha value is -3.26. The standard InChI is InChI=1S/C20H23N7O/c1-14-21-18(13-19(22-14)27-10-8-26(2)9-11-27)23-16-5-3-4-15(12-16)17-6-7-20(28)25-24-17/h3-7,12-13H,8-11H2,1-2H3,(H,25,28)(H,21,22,23). The zero-order chi connectivity index (χ0) is 19.5. The Bertz CT molecular complexity index is 1000. The SMILES string of the molecule is Cc1nc(Nc2cccc(-c3ccc(=O)[nH]n3)c2)cc(N2CCN(C)CC2)n1. The normalized spacial score (nSPS) is 14.9. The first kappa shape index (κ1) is 18.1. The van der Waals surface area contributed by atoms with Gasteiger partial charge >= 0.3 is 0 Å². The zero-order valence-corrected chi connectivity index (χ0v) is 16.0. The van der Waals surface area contributed by atoms with Gasteiger partial charge in [0, 0.05) is 49.6 Å². The molecule has 0 amide bonds. The predicted molar refractivity (Wildman–Crippen MR) is 110 cm³/mol. The van der Waals surface area contributed by atoms with Crippen LogP contribution in [0.2, 0.25) is 0 Å². The Balaban J connectivity index is 1.56. The van der Waals surface area contributed by atoms with Crippen LogP contribution < -0.4 is 15.8 Å². The minimum atomic E-state index is -0.217. The number of anilines is 3. The number of nitrogens with zero attached hydrogens (tertiary/aromatic N) is 5. The van der Waals surface area contributed by atoms with Gasteiger partial charge in [0.2, 0.25) is 0 Å². The first-order valence-corrected chi connectivity index (χ1v) is 9.29. The van der Waals surface area contributed by atoms with Gasteiger partial charge in [-0.15, -0.1) is 0 Å². The maximum atomic E-state index is 11.2. The van der Waals surface area contributed by atoms with E-state index in [9.17, 15) is 4.79 Å². The maximum absolute atomic E-state index is 11.2. The molecule has 1 aromatic carbocycles. The van der Waals surface area contributed by atoms with Crippen LogP contribution >= 0.6 is 0 Å². The highest BCUT2D eigenvalue weighted by Crippen LogP contribution is 2.24. The second-order valence-corrected chi connectivity index (χ2v) is 6.96. The molecule has 8 nitrogen and oxygen atoms in total. The van der Waals surface area contributed by atoms with Gasteiger partial charge in [-0.25, -0.2) is 15.1 Å². The summed E-state index contributed by atoms with van der Waals surface area (Å²) in [6.45, 7) is 5.88. The molecule has 0 bridgehead atoms. The summed E-state index contributed by atoms with van der Waals surface area (Å²) < 4.78 is 0. The van der Waals surface area contributed by atoms with Gasteiger partial charge in [0.05, 0.1) is 5.69 Å². The van der Waals surface area contributed by atoms with E-state index in [1.165, 1.54) is 6.07 Å². The first-order chi connectivity index (χ1) is 13.6. The number of aromatic nitrogens is 4. The van der Waals surface area contributed by atoms with E-state index in [0.29, 0.717) is 5.69 Å². The summed E-state index contributed by atoms with van der Waals surface area (Å²) in [5, 5.41) is 9.92. The van der Waals surface area contributed by atoms with Crippen molar-refractivity contribution in [3.63, 3.8) is 0 Å². The molecule has 0 radical (unpaired) electrons. The number of piperazine rings is 1. The molecule has 0 spiro atoms. The number of hydrogen-bond acceptors (Lipinski definition) is 7. The summed E-state index contributed by atoms with van der Waals surface area (Å²) in [5.41, 5.74) is 2.30. The zero-order valence-electron chi connectivity index (χ0n) is 16.0. The summed E-state index contributed by atoms with van der Waals surface area (Å²) >= 11 is 0. The van der Waals surface area contributed by atoms with Crippen LogP contribution in [0, 0.1) is 6.92 Å². The smallest absolute Gasteiger partial charge is 0.264 e. The van der Waals surface area contributed by atoms with Crippen molar-refractivity contribution < 1.29 is 0 Å². The van der Waals surface area contributed by atoms with Gasteiger partial charge < -0.3 is 15.1 Å². The molecule has 1 aliphatic rings. The minimum Gasteiger partial charge on any atom is -0.354 e. The number of rotatable bonds is 4. The molecule has 1 aliphatic heterocycles. The summed E-state index contributed by atoms with van der Waals surface area (Å²) in [5.74, 6) is 2.44. The Morgan fingerprint density at radius 3 is 2.61 bits per heavy atom. The highest BCUT2D eigenvalue weighted by molar-refractivity contribution is 5.68. The largest absolute Gasteiger partial charge is 0.354 e. The summed E-state index contributed by atoms with van der Waals surface area (Å²) in [6.07, 6.45) is 0. The van der Waals surface area contributed by atoms with Gasteiger partial charge in [-0.1, -0.05) is 12.1 Å². The van der Waals surface area contributed by atoms with Crippen molar-refractivity contribution in [3.8, 4) is 11.3 Å². The lowest BCUT2D eigenvalue weighted by Crippen LogP contribution is -2.44. The van der Waals surface area contributed by atoms with Crippen molar-refractivity contribution in [2.75, 3.05) is 43.4 Å². The Labute approximate surface area is 163 Å². The fraction of sp³-hybridized carbons (Fsp3) is 0.300. The fourth-order valence-electron chi connectivity index (χ4n) is 3.22. The van der Waals surface area contributed by atoms with Gasteiger partial charge in [-0.2, -0.15) is 5.10 Å². The number of aryl methyl sites for hydroxylation is 1. The number of H-pyrrole nitrogens is 1. The Morgan fingerprint density at radius 2 is 1.86 bits per heavy atom. The molecule has 2 N–H and O–H groups in total. The van der Waals surface area contributed by atoms with Crippen molar-refractivity contribution in [1.82, 2.24) is 25.1 Å². The molecule has 2 aromatic heterocycles. The van der Waals surface area contributed by atoms with E-state index < -0.39 is 0 Å². The first-order valence-electron chi connectivity index (χ1n) is 9.29. The summed E-state index contributed by atoms with van der Waals surface area (Å²) in [6, 6.07) is 13.0. The molecule has 1 saturated heterocycles. The van der Waals surface area contributed by atoms with Gasteiger partial charge in [-0.3, -0.25) is 4.79 Å². The lowest BCUT2D eigenvalue weighted by Gasteiger charge is -2.33. The van der Waals surface area contributed by atoms with E-state index >= 15 is 0 Å². The summed E-state index contributed by atoms with van der Waals surface area (Å²) in [7, 11) is 2.14. The lowest BCUT2D eigenvalue weighted by molar-refractivity contribution is 0.312. The highest BCUT2D eigenvalue weighted by Gasteiger charge is 2.16. The third-order valence-electron chi connectivity index (χ3n) is 4.76. The number of aromatic amines is 1. The lowest BCUT2D eigenvalue weighted by atomic mass is 10.1. The molecule has 1 fully saturated rings. The number of hydrogen-bond donors (Lipinski definition) is 2. The van der Waals surface area contributed by atoms with Crippen LogP contribution in [0.4, 0.5) is 17.3 Å². The van der Waals surface area contributed by atoms with Crippen LogP contribution in [0.15, 0.2) is 47.3 Å². The van der Waals surface area contributed by atoms with Crippen molar-refractivity contribution >= 4 is 17.3 Å². The van der Waals surface area contributed by atoms with Gasteiger partial charge in [0.25, 0.3) is 5.56 Å². The molecular weight excluding hydrogens is 354 g/mol. The molecule has 144 valence electrons. The average Bonchev–Trinajstić information content (AvgIpc) is 2.69. The molecule has 0 saturated carbocycles. The van der Waals surface area contributed by atoms with Crippen LogP contribution in [0.3, 0.4) is 0 Å². The molecular formula is C20H23N7O. The molecule has 0 unspecified atom stereocenters. The van der Waals surface area contributed by atoms with E-state index in [1.807, 2.05) is 37.3 Å². The molecule has 3 heterocycles. The van der Waals surface area contributed by atoms with Crippen molar-refractivity contribution in [2.45, 2.75) is 6.92 Å². The van der Waals surface area contributed by atoms with Gasteiger partial charge in [-0.05, 0) is 32.2 Å². The van der Waals surface area contributed by atoms with Crippen LogP contribution in [0.5, 0.6) is 0 Å². The average molecular weight is 377 g/mol. The van der Waals surface area contributed by atoms with E-state index in [4.69, 9.17) is 0 Å². The molecule has 4 rings (SSSR count). The minimum absolute atomic E-state index is 0.217. The van der Waals surface area contributed by atoms with E-state index in [2.05, 4.69) is 42.3 Å². The van der Waals surface area contributed by atoms with Crippen molar-refractivity contribution in [3.05, 3.63) is 58.6 Å². The Kier molecular flexibility index (Phi) is 5.03. The number of likely N-dealkylation sites (N-methyl/N-ethyl adjacent to an activating group) is 1. The second kappa shape index (κ2) is 7.77. The Morgan fingerprint density at radius 1 is 1.04 bits per heavy atom. The fourth-order valence-corrected chi connectivity index (χ4v) is 3.22. The monoisotopic (exact) mass is 377 g/mol. The van der Waals surface area contributed by atoms with E-state index in [0.717, 1.165) is 54.9 Å². The number of nitrogens with one attached hydrogen (secondary N) is 2. The second-order valence-electron chi connectivity index (χ2n) is 6.96. The van der Waals surface area contributed by atoms with Crippen molar-refractivity contribution in [2.24, 2.45) is 0 Å². The highest BCUT2D eigenvalue weighted by atomic mass is 16.1. The van der Waals surface area contributed by atoms with Gasteiger partial charge in [0.1, 0.15) is 17.5 Å². The topological polar surface area (TPSA) is 90.0 Å². The molecule has 8 heteroatoms. The van der Waals surface area contributed by atoms with E-state index in [1.54, 1.807) is 6.07 Å². The maximum Gasteiger partial charge on any atom is 0.264 e. The summed E-state index contributed by atoms with van der Waals surface area (Å²) in [4.78, 5) is 25.0. The molecule has 28 heavy (non-hydrogen) atoms. The third kappa shape index (κ3) is 4.17. The third-order valence-corrected chi connectivity index (χ3v) is 4.76. The van der Waals surface area contributed by atoms with Crippen LogP contribution in [-0.4, -0.2) is 58.3 Å². The number of benzene rings is 1. The van der Waals surface area contributed by atoms with Crippen LogP contribution in [0.25, 0.3) is 11.3 Å². The molecule has 0 atom stereocenters. The predicted octanol–water partition coefficient (Wildman–Crippen LogP) is 2.03. The van der Waals surface area contributed by atoms with Crippen LogP contribution in [0.1, 0.15) is 5.82 Å². The molecule has 3 aromatic rings. The van der Waals surface area contributed by atoms with Crippen LogP contribution in [-0.2, 0) is 0 Å². The van der Waals surface area contributed by atoms with Crippen molar-refractivity contribution in [1.29, 1.82) is 0 Å². The molecule has 0 aliphatic carbocycles.